The topological polar surface area (TPSA) is 83.3 Å². The second-order valence-corrected chi connectivity index (χ2v) is 8.09. The van der Waals surface area contributed by atoms with Crippen molar-refractivity contribution in [2.75, 3.05) is 13.1 Å². The Labute approximate surface area is 173 Å². The summed E-state index contributed by atoms with van der Waals surface area (Å²) in [5.41, 5.74) is 3.35. The SMILES string of the molecule is O=S(O)NCc1cccc(C2CCN(Cc3ncn(-c4ccccc4)n3)CC2)c1. The molecule has 0 amide bonds. The van der Waals surface area contributed by atoms with E-state index in [1.54, 1.807) is 6.33 Å². The van der Waals surface area contributed by atoms with Gasteiger partial charge in [-0.25, -0.2) is 18.6 Å². The van der Waals surface area contributed by atoms with Crippen LogP contribution in [0.1, 0.15) is 35.7 Å². The molecular formula is C21H25N5O2S. The zero-order valence-corrected chi connectivity index (χ0v) is 17.0. The van der Waals surface area contributed by atoms with E-state index < -0.39 is 11.3 Å². The van der Waals surface area contributed by atoms with Crippen molar-refractivity contribution < 1.29 is 8.76 Å². The van der Waals surface area contributed by atoms with Gasteiger partial charge in [0.25, 0.3) is 0 Å². The standard InChI is InChI=1S/C21H25N5O2S/c27-29(28)23-14-17-5-4-6-19(13-17)18-9-11-25(12-10-18)15-21-22-16-26(24-21)20-7-2-1-3-8-20/h1-8,13,16,18,23H,9-12,14-15H2,(H,27,28). The number of hydrogen-bond acceptors (Lipinski definition) is 4. The molecule has 1 aliphatic rings. The third-order valence-electron chi connectivity index (χ3n) is 5.33. The van der Waals surface area contributed by atoms with Crippen LogP contribution in [0.4, 0.5) is 0 Å². The number of nitrogens with one attached hydrogen (secondary N) is 1. The van der Waals surface area contributed by atoms with Gasteiger partial charge in [-0.15, -0.1) is 5.10 Å². The Balaban J connectivity index is 1.31. The number of piperidine rings is 1. The van der Waals surface area contributed by atoms with Gasteiger partial charge in [0.05, 0.1) is 12.2 Å². The van der Waals surface area contributed by atoms with Crippen LogP contribution in [-0.2, 0) is 24.4 Å². The van der Waals surface area contributed by atoms with Gasteiger partial charge in [0.15, 0.2) is 5.82 Å². The van der Waals surface area contributed by atoms with E-state index >= 15 is 0 Å². The van der Waals surface area contributed by atoms with Gasteiger partial charge in [0, 0.05) is 6.54 Å². The van der Waals surface area contributed by atoms with Crippen LogP contribution in [0.3, 0.4) is 0 Å². The first-order valence-corrected chi connectivity index (χ1v) is 10.9. The van der Waals surface area contributed by atoms with Gasteiger partial charge >= 0.3 is 0 Å². The molecule has 7 nitrogen and oxygen atoms in total. The number of rotatable bonds is 7. The highest BCUT2D eigenvalue weighted by Crippen LogP contribution is 2.29. The van der Waals surface area contributed by atoms with E-state index in [1.807, 2.05) is 47.1 Å². The second kappa shape index (κ2) is 9.41. The van der Waals surface area contributed by atoms with E-state index in [-0.39, 0.29) is 0 Å². The summed E-state index contributed by atoms with van der Waals surface area (Å²) in [6.07, 6.45) is 3.95. The quantitative estimate of drug-likeness (QED) is 0.584. The summed E-state index contributed by atoms with van der Waals surface area (Å²) >= 11 is -1.98. The summed E-state index contributed by atoms with van der Waals surface area (Å²) in [6, 6.07) is 18.3. The summed E-state index contributed by atoms with van der Waals surface area (Å²) < 4.78 is 24.1. The highest BCUT2D eigenvalue weighted by molar-refractivity contribution is 7.77. The number of benzene rings is 2. The van der Waals surface area contributed by atoms with Crippen LogP contribution >= 0.6 is 0 Å². The minimum absolute atomic E-state index is 0.394. The predicted octanol–water partition coefficient (Wildman–Crippen LogP) is 2.87. The van der Waals surface area contributed by atoms with Crippen LogP contribution < -0.4 is 4.72 Å². The summed E-state index contributed by atoms with van der Waals surface area (Å²) in [5.74, 6) is 1.36. The first-order valence-electron chi connectivity index (χ1n) is 9.79. The molecule has 2 heterocycles. The molecule has 4 rings (SSSR count). The molecular weight excluding hydrogens is 386 g/mol. The number of hydrogen-bond donors (Lipinski definition) is 2. The van der Waals surface area contributed by atoms with Crippen molar-refractivity contribution in [3.05, 3.63) is 77.9 Å². The van der Waals surface area contributed by atoms with E-state index in [9.17, 15) is 4.21 Å². The van der Waals surface area contributed by atoms with E-state index in [2.05, 4.69) is 31.8 Å². The summed E-state index contributed by atoms with van der Waals surface area (Å²) in [4.78, 5) is 6.87. The number of para-hydroxylation sites is 1. The lowest BCUT2D eigenvalue weighted by atomic mass is 9.88. The second-order valence-electron chi connectivity index (χ2n) is 7.31. The molecule has 1 saturated heterocycles. The largest absolute Gasteiger partial charge is 0.296 e. The van der Waals surface area contributed by atoms with Crippen LogP contribution in [-0.4, -0.2) is 41.5 Å². The lowest BCUT2D eigenvalue weighted by Crippen LogP contribution is -2.32. The molecule has 0 aliphatic carbocycles. The molecule has 0 bridgehead atoms. The van der Waals surface area contributed by atoms with Crippen molar-refractivity contribution in [1.82, 2.24) is 24.4 Å². The van der Waals surface area contributed by atoms with Crippen LogP contribution in [0.2, 0.25) is 0 Å². The van der Waals surface area contributed by atoms with Crippen molar-refractivity contribution in [2.24, 2.45) is 0 Å². The number of aromatic nitrogens is 3. The van der Waals surface area contributed by atoms with E-state index in [0.29, 0.717) is 12.5 Å². The Morgan fingerprint density at radius 3 is 2.66 bits per heavy atom. The van der Waals surface area contributed by atoms with E-state index in [1.165, 1.54) is 5.56 Å². The zero-order valence-electron chi connectivity index (χ0n) is 16.1. The van der Waals surface area contributed by atoms with Crippen molar-refractivity contribution in [3.8, 4) is 5.69 Å². The molecule has 0 radical (unpaired) electrons. The highest BCUT2D eigenvalue weighted by Gasteiger charge is 2.21. The molecule has 0 saturated carbocycles. The van der Waals surface area contributed by atoms with E-state index in [0.717, 1.165) is 49.6 Å². The van der Waals surface area contributed by atoms with Gasteiger partial charge < -0.3 is 0 Å². The molecule has 0 spiro atoms. The molecule has 29 heavy (non-hydrogen) atoms. The monoisotopic (exact) mass is 411 g/mol. The molecule has 1 unspecified atom stereocenters. The maximum Gasteiger partial charge on any atom is 0.232 e. The molecule has 2 N–H and O–H groups in total. The summed E-state index contributed by atoms with van der Waals surface area (Å²) in [7, 11) is 0. The summed E-state index contributed by atoms with van der Waals surface area (Å²) in [6.45, 7) is 3.17. The fourth-order valence-electron chi connectivity index (χ4n) is 3.80. The van der Waals surface area contributed by atoms with Crippen molar-refractivity contribution >= 4 is 11.3 Å². The Morgan fingerprint density at radius 1 is 1.10 bits per heavy atom. The van der Waals surface area contributed by atoms with Crippen molar-refractivity contribution in [1.29, 1.82) is 0 Å². The minimum Gasteiger partial charge on any atom is -0.296 e. The third kappa shape index (κ3) is 5.36. The van der Waals surface area contributed by atoms with Gasteiger partial charge in [-0.2, -0.15) is 0 Å². The zero-order chi connectivity index (χ0) is 20.1. The number of likely N-dealkylation sites (tertiary alicyclic amines) is 1. The van der Waals surface area contributed by atoms with Gasteiger partial charge in [-0.1, -0.05) is 42.5 Å². The average molecular weight is 412 g/mol. The van der Waals surface area contributed by atoms with Gasteiger partial charge in [0.2, 0.25) is 11.3 Å². The Hall–Kier alpha value is -2.39. The molecule has 8 heteroatoms. The highest BCUT2D eigenvalue weighted by atomic mass is 32.2. The molecule has 152 valence electrons. The fraction of sp³-hybridized carbons (Fsp3) is 0.333. The van der Waals surface area contributed by atoms with Gasteiger partial charge in [-0.05, 0) is 55.1 Å². The van der Waals surface area contributed by atoms with Crippen molar-refractivity contribution in [2.45, 2.75) is 31.8 Å². The van der Waals surface area contributed by atoms with E-state index in [4.69, 9.17) is 4.55 Å². The predicted molar refractivity (Wildman–Crippen MR) is 113 cm³/mol. The maximum absolute atomic E-state index is 10.8. The smallest absolute Gasteiger partial charge is 0.232 e. The lowest BCUT2D eigenvalue weighted by Gasteiger charge is -2.31. The first kappa shape index (κ1) is 19.9. The maximum atomic E-state index is 10.8. The Kier molecular flexibility index (Phi) is 6.46. The Morgan fingerprint density at radius 2 is 1.90 bits per heavy atom. The summed E-state index contributed by atoms with van der Waals surface area (Å²) in [5, 5.41) is 4.61. The van der Waals surface area contributed by atoms with Crippen LogP contribution in [0.5, 0.6) is 0 Å². The number of nitrogens with zero attached hydrogens (tertiary/aromatic N) is 4. The van der Waals surface area contributed by atoms with Crippen molar-refractivity contribution in [3.63, 3.8) is 0 Å². The average Bonchev–Trinajstić information content (AvgIpc) is 3.22. The van der Waals surface area contributed by atoms with Crippen LogP contribution in [0.25, 0.3) is 5.69 Å². The molecule has 1 aromatic heterocycles. The first-order chi connectivity index (χ1) is 14.2. The Bertz CT molecular complexity index is 954. The molecule has 1 aliphatic heterocycles. The molecule has 1 fully saturated rings. The van der Waals surface area contributed by atoms with Gasteiger partial charge in [0.1, 0.15) is 6.33 Å². The molecule has 1 atom stereocenters. The molecule has 2 aromatic carbocycles. The third-order valence-corrected chi connectivity index (χ3v) is 5.73. The minimum atomic E-state index is -1.98. The fourth-order valence-corrected chi connectivity index (χ4v) is 4.09. The van der Waals surface area contributed by atoms with Gasteiger partial charge in [-0.3, -0.25) is 9.45 Å². The molecule has 3 aromatic rings. The lowest BCUT2D eigenvalue weighted by molar-refractivity contribution is 0.200. The van der Waals surface area contributed by atoms with Crippen LogP contribution in [0, 0.1) is 0 Å². The van der Waals surface area contributed by atoms with Crippen LogP contribution in [0.15, 0.2) is 60.9 Å². The normalized spacial score (nSPS) is 16.7.